The van der Waals surface area contributed by atoms with Gasteiger partial charge in [-0.3, -0.25) is 0 Å². The summed E-state index contributed by atoms with van der Waals surface area (Å²) < 4.78 is 65.9. The van der Waals surface area contributed by atoms with Gasteiger partial charge >= 0.3 is 12.8 Å². The molecule has 114 valence electrons. The lowest BCUT2D eigenvalue weighted by molar-refractivity contribution is -0.139. The third-order valence-electron chi connectivity index (χ3n) is 2.42. The second-order valence-electron chi connectivity index (χ2n) is 4.23. The Morgan fingerprint density at radius 3 is 2.50 bits per heavy atom. The molecule has 0 fully saturated rings. The molecular weight excluding hydrogens is 349 g/mol. The molecule has 20 heavy (non-hydrogen) atoms. The Labute approximate surface area is 121 Å². The van der Waals surface area contributed by atoms with Crippen LogP contribution in [0.5, 0.6) is 5.75 Å². The first-order valence-corrected chi connectivity index (χ1v) is 6.50. The van der Waals surface area contributed by atoms with Crippen LogP contribution in [0.25, 0.3) is 0 Å². The van der Waals surface area contributed by atoms with Crippen LogP contribution in [-0.2, 0) is 6.54 Å². The van der Waals surface area contributed by atoms with Crippen LogP contribution in [0.2, 0.25) is 0 Å². The third kappa shape index (κ3) is 6.51. The van der Waals surface area contributed by atoms with Crippen LogP contribution in [0, 0.1) is 0 Å². The molecule has 2 nitrogen and oxygen atoms in total. The van der Waals surface area contributed by atoms with Crippen LogP contribution in [0.15, 0.2) is 22.7 Å². The lowest BCUT2D eigenvalue weighted by Crippen LogP contribution is -2.30. The van der Waals surface area contributed by atoms with Gasteiger partial charge in [-0.25, -0.2) is 0 Å². The fourth-order valence-corrected chi connectivity index (χ4v) is 2.01. The highest BCUT2D eigenvalue weighted by molar-refractivity contribution is 9.10. The van der Waals surface area contributed by atoms with Crippen LogP contribution in [0.4, 0.5) is 22.0 Å². The van der Waals surface area contributed by atoms with Gasteiger partial charge in [-0.1, -0.05) is 15.9 Å². The molecule has 0 saturated carbocycles. The number of alkyl halides is 5. The average Bonchev–Trinajstić information content (AvgIpc) is 2.26. The first-order chi connectivity index (χ1) is 9.17. The van der Waals surface area contributed by atoms with E-state index in [2.05, 4.69) is 26.0 Å². The second kappa shape index (κ2) is 7.21. The summed E-state index contributed by atoms with van der Waals surface area (Å²) >= 11 is 3.17. The fourth-order valence-electron chi connectivity index (χ4n) is 1.60. The molecule has 0 radical (unpaired) electrons. The van der Waals surface area contributed by atoms with Gasteiger partial charge < -0.3 is 10.1 Å². The zero-order valence-corrected chi connectivity index (χ0v) is 12.1. The van der Waals surface area contributed by atoms with Crippen molar-refractivity contribution in [1.82, 2.24) is 5.32 Å². The molecule has 0 amide bonds. The molecule has 0 heterocycles. The predicted octanol–water partition coefficient (Wildman–Crippen LogP) is 4.48. The molecule has 1 N–H and O–H groups in total. The van der Waals surface area contributed by atoms with Crippen molar-refractivity contribution in [1.29, 1.82) is 0 Å². The zero-order chi connectivity index (χ0) is 15.3. The first kappa shape index (κ1) is 17.2. The van der Waals surface area contributed by atoms with E-state index in [4.69, 9.17) is 0 Å². The Kier molecular flexibility index (Phi) is 6.19. The number of rotatable bonds is 6. The molecule has 1 aromatic rings. The van der Waals surface area contributed by atoms with Crippen molar-refractivity contribution in [2.45, 2.75) is 38.7 Å². The maximum atomic E-state index is 12.2. The Bertz CT molecular complexity index is 438. The number of benzene rings is 1. The maximum absolute atomic E-state index is 12.2. The Morgan fingerprint density at radius 1 is 1.30 bits per heavy atom. The molecule has 1 atom stereocenters. The van der Waals surface area contributed by atoms with Gasteiger partial charge in [0.1, 0.15) is 5.75 Å². The number of ether oxygens (including phenoxy) is 1. The predicted molar refractivity (Wildman–Crippen MR) is 67.7 cm³/mol. The van der Waals surface area contributed by atoms with Crippen molar-refractivity contribution in [2.75, 3.05) is 0 Å². The standard InChI is InChI=1S/C12H13BrF5NO/c1-7(5-12(16,17)18)19-6-8-4-9(13)2-3-10(8)20-11(14)15/h2-4,7,11,19H,5-6H2,1H3. The summed E-state index contributed by atoms with van der Waals surface area (Å²) in [4.78, 5) is 0. The summed E-state index contributed by atoms with van der Waals surface area (Å²) in [6.45, 7) is -1.61. The molecule has 0 aliphatic heterocycles. The molecule has 0 saturated heterocycles. The van der Waals surface area contributed by atoms with E-state index in [1.807, 2.05) is 0 Å². The minimum Gasteiger partial charge on any atom is -0.434 e. The van der Waals surface area contributed by atoms with Crippen molar-refractivity contribution in [3.05, 3.63) is 28.2 Å². The van der Waals surface area contributed by atoms with Crippen LogP contribution >= 0.6 is 15.9 Å². The SMILES string of the molecule is CC(CC(F)(F)F)NCc1cc(Br)ccc1OC(F)F. The summed E-state index contributed by atoms with van der Waals surface area (Å²) in [5.74, 6) is -0.0603. The monoisotopic (exact) mass is 361 g/mol. The van der Waals surface area contributed by atoms with E-state index in [1.165, 1.54) is 25.1 Å². The van der Waals surface area contributed by atoms with Gasteiger partial charge in [0.2, 0.25) is 0 Å². The van der Waals surface area contributed by atoms with Crippen molar-refractivity contribution in [2.24, 2.45) is 0 Å². The molecular formula is C12H13BrF5NO. The minimum absolute atomic E-state index is 0.00125. The normalized spacial score (nSPS) is 13.6. The quantitative estimate of drug-likeness (QED) is 0.754. The van der Waals surface area contributed by atoms with Crippen LogP contribution < -0.4 is 10.1 Å². The summed E-state index contributed by atoms with van der Waals surface area (Å²) in [5, 5.41) is 2.63. The molecule has 0 aliphatic carbocycles. The van der Waals surface area contributed by atoms with E-state index in [0.717, 1.165) is 0 Å². The average molecular weight is 362 g/mol. The van der Waals surface area contributed by atoms with E-state index in [-0.39, 0.29) is 12.3 Å². The van der Waals surface area contributed by atoms with Crippen molar-refractivity contribution < 1.29 is 26.7 Å². The first-order valence-electron chi connectivity index (χ1n) is 5.71. The molecule has 0 aromatic heterocycles. The Balaban J connectivity index is 2.68. The summed E-state index contributed by atoms with van der Waals surface area (Å²) in [6.07, 6.45) is -5.27. The summed E-state index contributed by atoms with van der Waals surface area (Å²) in [6, 6.07) is 3.54. The molecule has 1 unspecified atom stereocenters. The van der Waals surface area contributed by atoms with Crippen molar-refractivity contribution >= 4 is 15.9 Å². The molecule has 1 rings (SSSR count). The third-order valence-corrected chi connectivity index (χ3v) is 2.91. The number of nitrogens with one attached hydrogen (secondary N) is 1. The molecule has 0 bridgehead atoms. The Hall–Kier alpha value is -0.890. The van der Waals surface area contributed by atoms with E-state index >= 15 is 0 Å². The highest BCUT2D eigenvalue weighted by Gasteiger charge is 2.29. The zero-order valence-electron chi connectivity index (χ0n) is 10.5. The van der Waals surface area contributed by atoms with Gasteiger partial charge in [0.25, 0.3) is 0 Å². The minimum atomic E-state index is -4.27. The van der Waals surface area contributed by atoms with E-state index in [9.17, 15) is 22.0 Å². The lowest BCUT2D eigenvalue weighted by Gasteiger charge is -2.17. The summed E-state index contributed by atoms with van der Waals surface area (Å²) in [5.41, 5.74) is 0.355. The number of halogens is 6. The fraction of sp³-hybridized carbons (Fsp3) is 0.500. The van der Waals surface area contributed by atoms with Gasteiger partial charge in [0.15, 0.2) is 0 Å². The van der Waals surface area contributed by atoms with E-state index < -0.39 is 25.3 Å². The molecule has 0 spiro atoms. The highest BCUT2D eigenvalue weighted by Crippen LogP contribution is 2.26. The van der Waals surface area contributed by atoms with Crippen LogP contribution in [0.1, 0.15) is 18.9 Å². The van der Waals surface area contributed by atoms with Gasteiger partial charge in [-0.2, -0.15) is 22.0 Å². The van der Waals surface area contributed by atoms with Gasteiger partial charge in [-0.05, 0) is 25.1 Å². The van der Waals surface area contributed by atoms with Gasteiger partial charge in [-0.15, -0.1) is 0 Å². The molecule has 1 aromatic carbocycles. The summed E-state index contributed by atoms with van der Waals surface area (Å²) in [7, 11) is 0. The number of hydrogen-bond acceptors (Lipinski definition) is 2. The largest absolute Gasteiger partial charge is 0.434 e. The maximum Gasteiger partial charge on any atom is 0.390 e. The van der Waals surface area contributed by atoms with Crippen LogP contribution in [-0.4, -0.2) is 18.8 Å². The van der Waals surface area contributed by atoms with E-state index in [0.29, 0.717) is 10.0 Å². The highest BCUT2D eigenvalue weighted by atomic mass is 79.9. The molecule has 0 aliphatic rings. The second-order valence-corrected chi connectivity index (χ2v) is 5.15. The van der Waals surface area contributed by atoms with Crippen molar-refractivity contribution in [3.63, 3.8) is 0 Å². The van der Waals surface area contributed by atoms with Crippen molar-refractivity contribution in [3.8, 4) is 5.75 Å². The van der Waals surface area contributed by atoms with Crippen LogP contribution in [0.3, 0.4) is 0 Å². The van der Waals surface area contributed by atoms with Gasteiger partial charge in [0, 0.05) is 22.6 Å². The van der Waals surface area contributed by atoms with E-state index in [1.54, 1.807) is 0 Å². The number of hydrogen-bond donors (Lipinski definition) is 1. The van der Waals surface area contributed by atoms with Gasteiger partial charge in [0.05, 0.1) is 6.42 Å². The lowest BCUT2D eigenvalue weighted by atomic mass is 10.1. The smallest absolute Gasteiger partial charge is 0.390 e. The topological polar surface area (TPSA) is 21.3 Å². The molecule has 8 heteroatoms. The Morgan fingerprint density at radius 2 is 1.95 bits per heavy atom.